The molecule has 2 N–H and O–H groups in total. The van der Waals surface area contributed by atoms with Crippen LogP contribution in [0.15, 0.2) is 85.4 Å². The number of benzene rings is 2. The van der Waals surface area contributed by atoms with E-state index in [-0.39, 0.29) is 0 Å². The van der Waals surface area contributed by atoms with Crippen LogP contribution in [0.3, 0.4) is 0 Å². The van der Waals surface area contributed by atoms with Crippen molar-refractivity contribution in [2.24, 2.45) is 0 Å². The van der Waals surface area contributed by atoms with Crippen LogP contribution in [0.2, 0.25) is 0 Å². The van der Waals surface area contributed by atoms with Gasteiger partial charge >= 0.3 is 0 Å². The molecule has 0 saturated carbocycles. The summed E-state index contributed by atoms with van der Waals surface area (Å²) in [5.41, 5.74) is 6.22. The molecule has 3 aromatic rings. The fourth-order valence-corrected chi connectivity index (χ4v) is 4.53. The summed E-state index contributed by atoms with van der Waals surface area (Å²) in [5, 5.41) is 10.4. The minimum atomic E-state index is 0.773. The standard InChI is InChI=1S/C27H35N3S.C2H4/c1-5-8-26(29-14-6-2)24-10-7-9-23(18-24)19-30(20-28-4)21(3)16-22-11-12-27-25(17-22)13-15-31-27;1-2/h7-13,15,17-18,28-29H,3,5-6,14,16,19-20H2,1-2,4H3;1-2H2/b26-8+;. The first-order valence-electron chi connectivity index (χ1n) is 11.7. The van der Waals surface area contributed by atoms with Crippen molar-refractivity contribution >= 4 is 27.1 Å². The van der Waals surface area contributed by atoms with Crippen LogP contribution in [0.25, 0.3) is 15.8 Å². The average Bonchev–Trinajstić information content (AvgIpc) is 3.31. The second kappa shape index (κ2) is 14.4. The van der Waals surface area contributed by atoms with Gasteiger partial charge in [0.2, 0.25) is 0 Å². The van der Waals surface area contributed by atoms with E-state index in [0.717, 1.165) is 44.7 Å². The normalized spacial score (nSPS) is 11.1. The van der Waals surface area contributed by atoms with Crippen LogP contribution in [0.4, 0.5) is 0 Å². The van der Waals surface area contributed by atoms with Crippen molar-refractivity contribution in [1.29, 1.82) is 0 Å². The van der Waals surface area contributed by atoms with Crippen molar-refractivity contribution in [1.82, 2.24) is 15.5 Å². The lowest BCUT2D eigenvalue weighted by Gasteiger charge is -2.27. The lowest BCUT2D eigenvalue weighted by Crippen LogP contribution is -2.31. The minimum absolute atomic E-state index is 0.773. The topological polar surface area (TPSA) is 27.3 Å². The number of hydrogen-bond donors (Lipinski definition) is 2. The van der Waals surface area contributed by atoms with Crippen molar-refractivity contribution in [3.05, 3.63) is 102 Å². The molecule has 0 fully saturated rings. The molecule has 176 valence electrons. The van der Waals surface area contributed by atoms with E-state index in [0.29, 0.717) is 0 Å². The first kappa shape index (κ1) is 26.4. The van der Waals surface area contributed by atoms with Gasteiger partial charge in [0, 0.05) is 35.6 Å². The van der Waals surface area contributed by atoms with E-state index in [1.807, 2.05) is 7.05 Å². The highest BCUT2D eigenvalue weighted by Crippen LogP contribution is 2.24. The van der Waals surface area contributed by atoms with Gasteiger partial charge in [-0.3, -0.25) is 0 Å². The maximum atomic E-state index is 4.43. The van der Waals surface area contributed by atoms with E-state index in [9.17, 15) is 0 Å². The van der Waals surface area contributed by atoms with Crippen molar-refractivity contribution in [3.63, 3.8) is 0 Å². The van der Waals surface area contributed by atoms with Gasteiger partial charge in [0.05, 0.1) is 6.67 Å². The Hall–Kier alpha value is -2.82. The molecule has 0 radical (unpaired) electrons. The number of rotatable bonds is 12. The highest BCUT2D eigenvalue weighted by Gasteiger charge is 2.11. The Kier molecular flexibility index (Phi) is 11.5. The van der Waals surface area contributed by atoms with Gasteiger partial charge in [-0.25, -0.2) is 0 Å². The van der Waals surface area contributed by atoms with E-state index >= 15 is 0 Å². The number of nitrogens with zero attached hydrogens (tertiary/aromatic N) is 1. The van der Waals surface area contributed by atoms with Crippen LogP contribution in [-0.2, 0) is 13.0 Å². The van der Waals surface area contributed by atoms with Gasteiger partial charge < -0.3 is 15.5 Å². The Balaban J connectivity index is 0.00000187. The molecule has 0 aliphatic heterocycles. The number of thiophene rings is 1. The number of fused-ring (bicyclic) bond motifs is 1. The van der Waals surface area contributed by atoms with Gasteiger partial charge in [0.25, 0.3) is 0 Å². The highest BCUT2D eigenvalue weighted by atomic mass is 32.1. The predicted molar refractivity (Wildman–Crippen MR) is 148 cm³/mol. The van der Waals surface area contributed by atoms with Crippen LogP contribution >= 0.6 is 11.3 Å². The molecule has 0 atom stereocenters. The molecule has 33 heavy (non-hydrogen) atoms. The molecule has 0 aliphatic rings. The molecular formula is C29H39N3S. The fraction of sp³-hybridized carbons (Fsp3) is 0.310. The van der Waals surface area contributed by atoms with Crippen molar-refractivity contribution in [2.45, 2.75) is 39.7 Å². The van der Waals surface area contributed by atoms with E-state index in [2.05, 4.69) is 109 Å². The Morgan fingerprint density at radius 1 is 1.06 bits per heavy atom. The monoisotopic (exact) mass is 461 g/mol. The summed E-state index contributed by atoms with van der Waals surface area (Å²) in [5.74, 6) is 0. The molecule has 0 saturated heterocycles. The molecule has 0 aliphatic carbocycles. The van der Waals surface area contributed by atoms with Crippen molar-refractivity contribution in [3.8, 4) is 0 Å². The molecule has 1 aromatic heterocycles. The largest absolute Gasteiger partial charge is 0.385 e. The predicted octanol–water partition coefficient (Wildman–Crippen LogP) is 7.19. The average molecular weight is 462 g/mol. The van der Waals surface area contributed by atoms with E-state index in [1.54, 1.807) is 11.3 Å². The summed E-state index contributed by atoms with van der Waals surface area (Å²) in [4.78, 5) is 2.33. The zero-order valence-corrected chi connectivity index (χ0v) is 21.3. The molecule has 0 amide bonds. The van der Waals surface area contributed by atoms with Gasteiger partial charge in [-0.15, -0.1) is 24.5 Å². The van der Waals surface area contributed by atoms with Crippen molar-refractivity contribution in [2.75, 3.05) is 20.3 Å². The number of hydrogen-bond acceptors (Lipinski definition) is 4. The van der Waals surface area contributed by atoms with Gasteiger partial charge in [0.15, 0.2) is 0 Å². The van der Waals surface area contributed by atoms with Crippen LogP contribution in [-0.4, -0.2) is 25.2 Å². The summed E-state index contributed by atoms with van der Waals surface area (Å²) in [6, 6.07) is 17.8. The van der Waals surface area contributed by atoms with Crippen LogP contribution < -0.4 is 10.6 Å². The zero-order chi connectivity index (χ0) is 24.1. The van der Waals surface area contributed by atoms with Gasteiger partial charge in [-0.2, -0.15) is 0 Å². The lowest BCUT2D eigenvalue weighted by molar-refractivity contribution is 0.314. The molecule has 0 spiro atoms. The first-order chi connectivity index (χ1) is 16.1. The molecule has 3 nitrogen and oxygen atoms in total. The lowest BCUT2D eigenvalue weighted by atomic mass is 10.1. The Bertz CT molecular complexity index is 1030. The quantitative estimate of drug-likeness (QED) is 0.221. The second-order valence-electron chi connectivity index (χ2n) is 7.90. The fourth-order valence-electron chi connectivity index (χ4n) is 3.76. The third kappa shape index (κ3) is 7.92. The SMILES string of the molecule is C=C.C=C(Cc1ccc2sccc2c1)N(CNC)Cc1cccc(/C(=C\CC)NCCC)c1. The molecular weight excluding hydrogens is 422 g/mol. The molecule has 0 bridgehead atoms. The smallest absolute Gasteiger partial charge is 0.0680 e. The Labute approximate surface area is 204 Å². The van der Waals surface area contributed by atoms with Gasteiger partial charge in [0.1, 0.15) is 0 Å². The molecule has 2 aromatic carbocycles. The summed E-state index contributed by atoms with van der Waals surface area (Å²) in [6.45, 7) is 17.4. The molecule has 0 unspecified atom stereocenters. The Morgan fingerprint density at radius 2 is 1.88 bits per heavy atom. The summed E-state index contributed by atoms with van der Waals surface area (Å²) in [7, 11) is 1.99. The van der Waals surface area contributed by atoms with Crippen LogP contribution in [0.1, 0.15) is 43.4 Å². The third-order valence-electron chi connectivity index (χ3n) is 5.31. The van der Waals surface area contributed by atoms with Crippen LogP contribution in [0, 0.1) is 0 Å². The van der Waals surface area contributed by atoms with E-state index in [4.69, 9.17) is 0 Å². The summed E-state index contributed by atoms with van der Waals surface area (Å²) >= 11 is 1.79. The maximum Gasteiger partial charge on any atom is 0.0680 e. The van der Waals surface area contributed by atoms with Crippen LogP contribution in [0.5, 0.6) is 0 Å². The minimum Gasteiger partial charge on any atom is -0.385 e. The molecule has 1 heterocycles. The molecule has 3 rings (SSSR count). The van der Waals surface area contributed by atoms with Crippen molar-refractivity contribution < 1.29 is 0 Å². The number of allylic oxidation sites excluding steroid dienone is 2. The van der Waals surface area contributed by atoms with E-state index < -0.39 is 0 Å². The summed E-state index contributed by atoms with van der Waals surface area (Å²) in [6.07, 6.45) is 5.27. The highest BCUT2D eigenvalue weighted by molar-refractivity contribution is 7.17. The van der Waals surface area contributed by atoms with Gasteiger partial charge in [-0.05, 0) is 71.6 Å². The summed E-state index contributed by atoms with van der Waals surface area (Å²) < 4.78 is 1.34. The van der Waals surface area contributed by atoms with E-state index in [1.165, 1.54) is 32.5 Å². The van der Waals surface area contributed by atoms with Gasteiger partial charge in [-0.1, -0.05) is 50.8 Å². The second-order valence-corrected chi connectivity index (χ2v) is 8.85. The number of nitrogens with one attached hydrogen (secondary N) is 2. The Morgan fingerprint density at radius 3 is 2.61 bits per heavy atom. The molecule has 4 heteroatoms. The third-order valence-corrected chi connectivity index (χ3v) is 6.20. The first-order valence-corrected chi connectivity index (χ1v) is 12.6. The zero-order valence-electron chi connectivity index (χ0n) is 20.5. The maximum absolute atomic E-state index is 4.43.